The number of benzene rings is 2. The summed E-state index contributed by atoms with van der Waals surface area (Å²) in [5.74, 6) is 0.784. The van der Waals surface area contributed by atoms with E-state index in [0.29, 0.717) is 24.2 Å². The Morgan fingerprint density at radius 1 is 0.781 bits per heavy atom. The van der Waals surface area contributed by atoms with Gasteiger partial charge in [-0.3, -0.25) is 9.59 Å². The summed E-state index contributed by atoms with van der Waals surface area (Å²) in [5, 5.41) is 0. The molecule has 0 heterocycles. The molecule has 0 spiro atoms. The van der Waals surface area contributed by atoms with Gasteiger partial charge in [0.15, 0.2) is 0 Å². The lowest BCUT2D eigenvalue weighted by Crippen LogP contribution is -2.22. The molecule has 1 unspecified atom stereocenters. The predicted molar refractivity (Wildman–Crippen MR) is 125 cm³/mol. The maximum Gasteiger partial charge on any atom is 0.236 e. The van der Waals surface area contributed by atoms with Crippen molar-refractivity contribution in [1.29, 1.82) is 0 Å². The van der Waals surface area contributed by atoms with Crippen LogP contribution in [0.1, 0.15) is 63.1 Å². The molecule has 32 heavy (non-hydrogen) atoms. The maximum atomic E-state index is 14.7. The van der Waals surface area contributed by atoms with E-state index in [4.69, 9.17) is 14.2 Å². The van der Waals surface area contributed by atoms with Gasteiger partial charge in [0.1, 0.15) is 22.8 Å². The molecule has 0 bridgehead atoms. The summed E-state index contributed by atoms with van der Waals surface area (Å²) in [6.45, 7) is 5.60. The second kappa shape index (κ2) is 9.50. The number of hydrogen-bond acceptors (Lipinski definition) is 6. The molecule has 0 amide bonds. The van der Waals surface area contributed by atoms with Crippen LogP contribution in [0.2, 0.25) is 0 Å². The minimum atomic E-state index is -4.04. The van der Waals surface area contributed by atoms with Crippen LogP contribution >= 0.6 is 7.14 Å². The highest BCUT2D eigenvalue weighted by Gasteiger charge is 2.50. The molecule has 2 aromatic rings. The van der Waals surface area contributed by atoms with Crippen LogP contribution in [0.4, 0.5) is 0 Å². The first-order valence-corrected chi connectivity index (χ1v) is 12.5. The average Bonchev–Trinajstić information content (AvgIpc) is 3.31. The minimum Gasteiger partial charge on any atom is -0.496 e. The van der Waals surface area contributed by atoms with Crippen LogP contribution in [0, 0.1) is 20.8 Å². The van der Waals surface area contributed by atoms with Crippen LogP contribution in [0.3, 0.4) is 0 Å². The van der Waals surface area contributed by atoms with E-state index in [1.54, 1.807) is 12.1 Å². The number of carbonyl (C=O) groups excluding carboxylic acids is 2. The van der Waals surface area contributed by atoms with Crippen molar-refractivity contribution in [3.63, 3.8) is 0 Å². The minimum absolute atomic E-state index is 0.0294. The summed E-state index contributed by atoms with van der Waals surface area (Å²) in [5.41, 5.74) is 1.12. The number of rotatable bonds is 8. The molecule has 2 aromatic carbocycles. The third-order valence-electron chi connectivity index (χ3n) is 6.26. The Balaban J connectivity index is 2.25. The maximum absolute atomic E-state index is 14.7. The molecule has 1 saturated carbocycles. The van der Waals surface area contributed by atoms with Gasteiger partial charge < -0.3 is 18.8 Å². The van der Waals surface area contributed by atoms with Gasteiger partial charge in [-0.05, 0) is 44.7 Å². The first kappa shape index (κ1) is 24.1. The van der Waals surface area contributed by atoms with E-state index in [2.05, 4.69) is 0 Å². The zero-order valence-corrected chi connectivity index (χ0v) is 20.5. The van der Waals surface area contributed by atoms with Gasteiger partial charge in [0, 0.05) is 23.4 Å². The van der Waals surface area contributed by atoms with E-state index in [0.717, 1.165) is 29.5 Å². The summed E-state index contributed by atoms with van der Waals surface area (Å²) in [6.07, 6.45) is 2.86. The Morgan fingerprint density at radius 3 is 1.69 bits per heavy atom. The van der Waals surface area contributed by atoms with Crippen molar-refractivity contribution in [2.75, 3.05) is 21.3 Å². The normalized spacial score (nSPS) is 15.8. The lowest BCUT2D eigenvalue weighted by molar-refractivity contribution is 0.103. The molecule has 1 atom stereocenters. The van der Waals surface area contributed by atoms with E-state index in [1.165, 1.54) is 21.3 Å². The summed E-state index contributed by atoms with van der Waals surface area (Å²) in [7, 11) is 0.284. The fourth-order valence-electron chi connectivity index (χ4n) is 4.76. The van der Waals surface area contributed by atoms with Crippen molar-refractivity contribution in [2.24, 2.45) is 0 Å². The monoisotopic (exact) mass is 458 g/mol. The molecule has 0 saturated heterocycles. The molecule has 1 aliphatic carbocycles. The molecule has 1 fully saturated rings. The van der Waals surface area contributed by atoms with E-state index >= 15 is 0 Å². The second-order valence-electron chi connectivity index (χ2n) is 8.39. The van der Waals surface area contributed by atoms with E-state index in [-0.39, 0.29) is 17.1 Å². The number of ether oxygens (including phenoxy) is 3. The largest absolute Gasteiger partial charge is 0.496 e. The quantitative estimate of drug-likeness (QED) is 0.457. The van der Waals surface area contributed by atoms with Crippen molar-refractivity contribution in [1.82, 2.24) is 0 Å². The molecular formula is C25H31O6P. The van der Waals surface area contributed by atoms with Crippen molar-refractivity contribution < 1.29 is 28.4 Å². The van der Waals surface area contributed by atoms with Crippen molar-refractivity contribution >= 4 is 18.2 Å². The highest BCUT2D eigenvalue weighted by molar-refractivity contribution is 7.96. The van der Waals surface area contributed by atoms with Gasteiger partial charge in [0.25, 0.3) is 0 Å². The lowest BCUT2D eigenvalue weighted by Gasteiger charge is -2.25. The number of hydrogen-bond donors (Lipinski definition) is 0. The Labute approximate surface area is 189 Å². The standard InChI is InChI=1S/C25H31O6P/c1-15-11-16(2)22(17(3)12-15)24(26)32(28,19-9-7-8-10-19)25(27)23-20(30-5)13-18(29-4)14-21(23)31-6/h11-14,19H,7-10H2,1-6H3. The van der Waals surface area contributed by atoms with Gasteiger partial charge in [-0.25, -0.2) is 0 Å². The van der Waals surface area contributed by atoms with Gasteiger partial charge in [0.05, 0.1) is 21.3 Å². The van der Waals surface area contributed by atoms with Crippen molar-refractivity contribution in [3.8, 4) is 17.2 Å². The van der Waals surface area contributed by atoms with Crippen molar-refractivity contribution in [2.45, 2.75) is 52.1 Å². The first-order valence-electron chi connectivity index (χ1n) is 10.8. The molecule has 0 N–H and O–H groups in total. The molecule has 1 aliphatic rings. The smallest absolute Gasteiger partial charge is 0.236 e. The molecule has 0 radical (unpaired) electrons. The molecule has 7 heteroatoms. The fourth-order valence-corrected chi connectivity index (χ4v) is 7.94. The van der Waals surface area contributed by atoms with E-state index < -0.39 is 23.8 Å². The molecule has 172 valence electrons. The SMILES string of the molecule is COc1cc(OC)c(C(=O)P(=O)(C(=O)c2c(C)cc(C)cc2C)C2CCCC2)c(OC)c1. The fraction of sp³-hybridized carbons (Fsp3) is 0.440. The summed E-state index contributed by atoms with van der Waals surface area (Å²) >= 11 is 0. The number of methoxy groups -OCH3 is 3. The van der Waals surface area contributed by atoms with Crippen LogP contribution in [0.25, 0.3) is 0 Å². The molecule has 0 aliphatic heterocycles. The third kappa shape index (κ3) is 4.09. The Kier molecular flexibility index (Phi) is 7.14. The van der Waals surface area contributed by atoms with Crippen molar-refractivity contribution in [3.05, 3.63) is 52.1 Å². The second-order valence-corrected chi connectivity index (χ2v) is 11.2. The first-order chi connectivity index (χ1) is 15.2. The highest BCUT2D eigenvalue weighted by Crippen LogP contribution is 2.62. The topological polar surface area (TPSA) is 78.9 Å². The predicted octanol–water partition coefficient (Wildman–Crippen LogP) is 5.92. The average molecular weight is 458 g/mol. The van der Waals surface area contributed by atoms with Crippen LogP contribution in [0.5, 0.6) is 17.2 Å². The van der Waals surface area contributed by atoms with Gasteiger partial charge in [-0.1, -0.05) is 30.5 Å². The highest BCUT2D eigenvalue weighted by atomic mass is 31.2. The van der Waals surface area contributed by atoms with E-state index in [1.807, 2.05) is 32.9 Å². The van der Waals surface area contributed by atoms with Crippen LogP contribution in [-0.2, 0) is 4.57 Å². The van der Waals surface area contributed by atoms with Crippen LogP contribution in [0.15, 0.2) is 24.3 Å². The van der Waals surface area contributed by atoms with Crippen LogP contribution in [-0.4, -0.2) is 38.0 Å². The Morgan fingerprint density at radius 2 is 1.25 bits per heavy atom. The zero-order valence-electron chi connectivity index (χ0n) is 19.6. The summed E-state index contributed by atoms with van der Waals surface area (Å²) in [6, 6.07) is 6.86. The van der Waals surface area contributed by atoms with E-state index in [9.17, 15) is 14.2 Å². The molecule has 6 nitrogen and oxygen atoms in total. The summed E-state index contributed by atoms with van der Waals surface area (Å²) < 4.78 is 30.8. The zero-order chi connectivity index (χ0) is 23.6. The summed E-state index contributed by atoms with van der Waals surface area (Å²) in [4.78, 5) is 28.0. The van der Waals surface area contributed by atoms with Gasteiger partial charge in [-0.2, -0.15) is 0 Å². The Bertz CT molecular complexity index is 1050. The lowest BCUT2D eigenvalue weighted by atomic mass is 10.0. The number of carbonyl (C=O) groups is 2. The Hall–Kier alpha value is -2.59. The van der Waals surface area contributed by atoms with Gasteiger partial charge in [0.2, 0.25) is 18.2 Å². The van der Waals surface area contributed by atoms with Crippen LogP contribution < -0.4 is 14.2 Å². The third-order valence-corrected chi connectivity index (χ3v) is 9.46. The molecule has 3 rings (SSSR count). The number of aryl methyl sites for hydroxylation is 3. The molecule has 0 aromatic heterocycles. The van der Waals surface area contributed by atoms with Gasteiger partial charge >= 0.3 is 0 Å². The molecular weight excluding hydrogens is 427 g/mol. The van der Waals surface area contributed by atoms with Gasteiger partial charge in [-0.15, -0.1) is 0 Å².